The fraction of sp³-hybridized carbons (Fsp3) is 0.652. The highest BCUT2D eigenvalue weighted by Crippen LogP contribution is 2.35. The molecule has 7 heteroatoms. The van der Waals surface area contributed by atoms with Gasteiger partial charge in [0, 0.05) is 32.5 Å². The summed E-state index contributed by atoms with van der Waals surface area (Å²) in [7, 11) is 0. The Bertz CT molecular complexity index is 763. The summed E-state index contributed by atoms with van der Waals surface area (Å²) in [5.41, 5.74) is 0.0943. The second kappa shape index (κ2) is 9.60. The van der Waals surface area contributed by atoms with E-state index in [0.717, 1.165) is 45.3 Å². The molecule has 1 aromatic rings. The first kappa shape index (κ1) is 22.9. The van der Waals surface area contributed by atoms with Crippen LogP contribution in [0.1, 0.15) is 53.4 Å². The van der Waals surface area contributed by atoms with Crippen LogP contribution < -0.4 is 10.6 Å². The molecule has 0 unspecified atom stereocenters. The normalized spacial score (nSPS) is 22.1. The van der Waals surface area contributed by atoms with Gasteiger partial charge in [0.2, 0.25) is 5.91 Å². The van der Waals surface area contributed by atoms with Gasteiger partial charge in [-0.25, -0.2) is 4.39 Å². The van der Waals surface area contributed by atoms with Gasteiger partial charge in [-0.3, -0.25) is 10.1 Å². The van der Waals surface area contributed by atoms with Crippen LogP contribution in [0.3, 0.4) is 0 Å². The van der Waals surface area contributed by atoms with Crippen LogP contribution in [-0.4, -0.2) is 52.2 Å². The smallest absolute Gasteiger partial charge is 0.241 e. The number of nitrogens with one attached hydrogen (secondary N) is 2. The molecular formula is C23H35FN4OS. The second-order valence-electron chi connectivity index (χ2n) is 9.22. The fourth-order valence-electron chi connectivity index (χ4n) is 4.45. The Morgan fingerprint density at radius 1 is 1.30 bits per heavy atom. The molecule has 2 fully saturated rings. The van der Waals surface area contributed by atoms with Gasteiger partial charge < -0.3 is 15.1 Å². The quantitative estimate of drug-likeness (QED) is 0.657. The number of benzene rings is 1. The first-order valence-electron chi connectivity index (χ1n) is 11.2. The van der Waals surface area contributed by atoms with Gasteiger partial charge in [0.1, 0.15) is 5.82 Å². The van der Waals surface area contributed by atoms with Crippen molar-refractivity contribution in [3.8, 4) is 0 Å². The number of halogens is 1. The number of carbonyl (C=O) groups is 1. The number of thiocarbonyl (C=S) groups is 1. The van der Waals surface area contributed by atoms with E-state index in [1.807, 2.05) is 0 Å². The number of likely N-dealkylation sites (tertiary alicyclic amines) is 1. The Morgan fingerprint density at radius 2 is 1.97 bits per heavy atom. The SMILES string of the molecule is CC[C@@H](C)CN1C(=O)[C@H](CC(C)C)NC12CCN(C(=S)Nc1ccccc1F)CC2. The second-order valence-corrected chi connectivity index (χ2v) is 9.60. The van der Waals surface area contributed by atoms with Crippen LogP contribution in [0.15, 0.2) is 24.3 Å². The summed E-state index contributed by atoms with van der Waals surface area (Å²) in [6.07, 6.45) is 3.53. The molecule has 0 saturated carbocycles. The Labute approximate surface area is 185 Å². The molecule has 2 saturated heterocycles. The van der Waals surface area contributed by atoms with E-state index in [1.54, 1.807) is 18.2 Å². The molecule has 0 radical (unpaired) electrons. The number of anilines is 1. The lowest BCUT2D eigenvalue weighted by Crippen LogP contribution is -2.60. The van der Waals surface area contributed by atoms with E-state index in [9.17, 15) is 9.18 Å². The number of carbonyl (C=O) groups excluding carboxylic acids is 1. The minimum absolute atomic E-state index is 0.107. The summed E-state index contributed by atoms with van der Waals surface area (Å²) < 4.78 is 14.0. The van der Waals surface area contributed by atoms with E-state index in [-0.39, 0.29) is 23.4 Å². The maximum absolute atomic E-state index is 14.0. The lowest BCUT2D eigenvalue weighted by atomic mass is 9.94. The van der Waals surface area contributed by atoms with Crippen molar-refractivity contribution >= 4 is 28.9 Å². The lowest BCUT2D eigenvalue weighted by molar-refractivity contribution is -0.134. The van der Waals surface area contributed by atoms with E-state index in [1.165, 1.54) is 6.07 Å². The predicted molar refractivity (Wildman–Crippen MR) is 124 cm³/mol. The van der Waals surface area contributed by atoms with Crippen LogP contribution in [0.4, 0.5) is 10.1 Å². The standard InChI is InChI=1S/C23H35FN4OS/c1-5-17(4)15-28-21(29)20(14-16(2)3)26-23(28)10-12-27(13-11-23)22(30)25-19-9-7-6-8-18(19)24/h6-9,16-17,20,26H,5,10-15H2,1-4H3,(H,25,30)/t17-,20+/m1/s1. The summed E-state index contributed by atoms with van der Waals surface area (Å²) in [6.45, 7) is 10.9. The third kappa shape index (κ3) is 4.94. The third-order valence-electron chi connectivity index (χ3n) is 6.42. The highest BCUT2D eigenvalue weighted by atomic mass is 32.1. The zero-order valence-electron chi connectivity index (χ0n) is 18.6. The summed E-state index contributed by atoms with van der Waals surface area (Å²) in [6, 6.07) is 6.45. The zero-order chi connectivity index (χ0) is 21.9. The first-order valence-corrected chi connectivity index (χ1v) is 11.6. The van der Waals surface area contributed by atoms with Crippen LogP contribution in [0.2, 0.25) is 0 Å². The summed E-state index contributed by atoms with van der Waals surface area (Å²) in [4.78, 5) is 17.4. The number of piperidine rings is 1. The molecule has 1 amide bonds. The van der Waals surface area contributed by atoms with Crippen LogP contribution in [-0.2, 0) is 4.79 Å². The molecule has 0 aliphatic carbocycles. The molecular weight excluding hydrogens is 399 g/mol. The number of hydrogen-bond donors (Lipinski definition) is 2. The van der Waals surface area contributed by atoms with Gasteiger partial charge >= 0.3 is 0 Å². The van der Waals surface area contributed by atoms with E-state index >= 15 is 0 Å². The highest BCUT2D eigenvalue weighted by Gasteiger charge is 2.51. The van der Waals surface area contributed by atoms with Crippen molar-refractivity contribution in [1.29, 1.82) is 0 Å². The first-order chi connectivity index (χ1) is 14.3. The van der Waals surface area contributed by atoms with Crippen molar-refractivity contribution in [2.75, 3.05) is 25.0 Å². The zero-order valence-corrected chi connectivity index (χ0v) is 19.4. The monoisotopic (exact) mass is 434 g/mol. The van der Waals surface area contributed by atoms with Gasteiger partial charge in [-0.2, -0.15) is 0 Å². The van der Waals surface area contributed by atoms with Crippen molar-refractivity contribution < 1.29 is 9.18 Å². The molecule has 30 heavy (non-hydrogen) atoms. The van der Waals surface area contributed by atoms with E-state index < -0.39 is 0 Å². The Morgan fingerprint density at radius 3 is 2.57 bits per heavy atom. The third-order valence-corrected chi connectivity index (χ3v) is 6.78. The van der Waals surface area contributed by atoms with Crippen LogP contribution >= 0.6 is 12.2 Å². The molecule has 2 heterocycles. The summed E-state index contributed by atoms with van der Waals surface area (Å²) in [5, 5.41) is 7.28. The van der Waals surface area contributed by atoms with Crippen LogP contribution in [0.25, 0.3) is 0 Å². The Hall–Kier alpha value is -1.73. The van der Waals surface area contributed by atoms with Crippen molar-refractivity contribution in [1.82, 2.24) is 15.1 Å². The lowest BCUT2D eigenvalue weighted by Gasteiger charge is -2.46. The van der Waals surface area contributed by atoms with E-state index in [0.29, 0.717) is 22.6 Å². The van der Waals surface area contributed by atoms with Crippen molar-refractivity contribution in [2.24, 2.45) is 11.8 Å². The Balaban J connectivity index is 1.69. The van der Waals surface area contributed by atoms with Crippen molar-refractivity contribution in [3.05, 3.63) is 30.1 Å². The summed E-state index contributed by atoms with van der Waals surface area (Å²) in [5.74, 6) is 0.856. The molecule has 2 atom stereocenters. The van der Waals surface area contributed by atoms with Gasteiger partial charge in [-0.05, 0) is 42.6 Å². The molecule has 166 valence electrons. The number of amides is 1. The average molecular weight is 435 g/mol. The highest BCUT2D eigenvalue weighted by molar-refractivity contribution is 7.80. The number of para-hydroxylation sites is 1. The minimum atomic E-state index is -0.312. The van der Waals surface area contributed by atoms with Crippen LogP contribution in [0, 0.1) is 17.7 Å². The maximum Gasteiger partial charge on any atom is 0.241 e. The van der Waals surface area contributed by atoms with E-state index in [2.05, 4.69) is 48.1 Å². The molecule has 0 aromatic heterocycles. The topological polar surface area (TPSA) is 47.6 Å². The molecule has 0 bridgehead atoms. The predicted octanol–water partition coefficient (Wildman–Crippen LogP) is 4.21. The molecule has 2 aliphatic heterocycles. The molecule has 2 N–H and O–H groups in total. The molecule has 2 aliphatic rings. The average Bonchev–Trinajstić information content (AvgIpc) is 2.94. The molecule has 1 aromatic carbocycles. The van der Waals surface area contributed by atoms with Crippen LogP contribution in [0.5, 0.6) is 0 Å². The van der Waals surface area contributed by atoms with Gasteiger partial charge in [-0.1, -0.05) is 46.2 Å². The molecule has 5 nitrogen and oxygen atoms in total. The van der Waals surface area contributed by atoms with Crippen molar-refractivity contribution in [2.45, 2.75) is 65.1 Å². The molecule has 3 rings (SSSR count). The van der Waals surface area contributed by atoms with Gasteiger partial charge in [0.15, 0.2) is 5.11 Å². The van der Waals surface area contributed by atoms with Gasteiger partial charge in [0.05, 0.1) is 17.4 Å². The number of hydrogen-bond acceptors (Lipinski definition) is 3. The summed E-state index contributed by atoms with van der Waals surface area (Å²) >= 11 is 5.55. The van der Waals surface area contributed by atoms with E-state index in [4.69, 9.17) is 12.2 Å². The van der Waals surface area contributed by atoms with Gasteiger partial charge in [-0.15, -0.1) is 0 Å². The largest absolute Gasteiger partial charge is 0.349 e. The number of rotatable bonds is 6. The number of nitrogens with zero attached hydrogens (tertiary/aromatic N) is 2. The fourth-order valence-corrected chi connectivity index (χ4v) is 4.74. The molecule has 1 spiro atoms. The maximum atomic E-state index is 14.0. The minimum Gasteiger partial charge on any atom is -0.349 e. The Kier molecular flexibility index (Phi) is 7.34. The van der Waals surface area contributed by atoms with Crippen molar-refractivity contribution in [3.63, 3.8) is 0 Å². The van der Waals surface area contributed by atoms with Gasteiger partial charge in [0.25, 0.3) is 0 Å².